The molecule has 6 heterocycles. The molecule has 22 heteroatoms. The number of nitrogens with two attached hydrogens (primary N) is 2. The number of thioether (sulfide) groups is 1. The van der Waals surface area contributed by atoms with Gasteiger partial charge in [-0.25, -0.2) is 14.5 Å². The molecule has 0 aromatic carbocycles. The summed E-state index contributed by atoms with van der Waals surface area (Å²) >= 11 is 5.19. The van der Waals surface area contributed by atoms with Crippen molar-refractivity contribution in [2.45, 2.75) is 35.2 Å². The first-order valence-electron chi connectivity index (χ1n) is 12.0. The lowest BCUT2D eigenvalue weighted by atomic mass is 9.96. The van der Waals surface area contributed by atoms with Crippen molar-refractivity contribution < 1.29 is 33.7 Å². The van der Waals surface area contributed by atoms with Crippen LogP contribution in [0.5, 0.6) is 0 Å². The van der Waals surface area contributed by atoms with Crippen molar-refractivity contribution in [3.63, 3.8) is 0 Å². The fourth-order valence-electron chi connectivity index (χ4n) is 4.86. The molecule has 4 aromatic rings. The molecule has 0 bridgehead atoms. The maximum Gasteiger partial charge on any atom is 0.388 e. The molecule has 2 aliphatic heterocycles. The van der Waals surface area contributed by atoms with E-state index in [0.29, 0.717) is 11.2 Å². The van der Waals surface area contributed by atoms with Crippen LogP contribution in [0.15, 0.2) is 17.3 Å². The maximum atomic E-state index is 13.5. The van der Waals surface area contributed by atoms with Crippen molar-refractivity contribution >= 4 is 59.5 Å². The number of H-pyrrole nitrogens is 1. The Kier molecular flexibility index (Phi) is 7.19. The summed E-state index contributed by atoms with van der Waals surface area (Å²) < 4.78 is 32.9. The average Bonchev–Trinajstić information content (AvgIpc) is 3.69. The van der Waals surface area contributed by atoms with Gasteiger partial charge in [-0.2, -0.15) is 19.3 Å². The number of aromatic nitrogens is 9. The number of ether oxygens (including phenoxy) is 1. The van der Waals surface area contributed by atoms with Gasteiger partial charge >= 0.3 is 6.80 Å². The van der Waals surface area contributed by atoms with E-state index in [1.807, 2.05) is 0 Å². The summed E-state index contributed by atoms with van der Waals surface area (Å²) in [7, 11) is 0. The van der Waals surface area contributed by atoms with E-state index in [0.717, 1.165) is 16.4 Å². The van der Waals surface area contributed by atoms with Gasteiger partial charge in [-0.05, 0) is 0 Å². The molecule has 4 aromatic heterocycles. The Morgan fingerprint density at radius 1 is 1.32 bits per heavy atom. The first-order valence-corrected chi connectivity index (χ1v) is 15.7. The zero-order chi connectivity index (χ0) is 29.1. The zero-order valence-corrected chi connectivity index (χ0v) is 23.4. The summed E-state index contributed by atoms with van der Waals surface area (Å²) in [6, 6.07) is 0. The van der Waals surface area contributed by atoms with Crippen LogP contribution in [0.3, 0.4) is 0 Å². The Balaban J connectivity index is 1.23. The molecule has 0 aliphatic carbocycles. The van der Waals surface area contributed by atoms with Crippen molar-refractivity contribution in [1.29, 1.82) is 0 Å². The summed E-state index contributed by atoms with van der Waals surface area (Å²) in [6.45, 7) is -5.17. The Hall–Kier alpha value is -2.88. The Morgan fingerprint density at radius 3 is 2.88 bits per heavy atom. The number of nitrogens with zero attached hydrogens (tertiary/aromatic N) is 8. The molecule has 19 nitrogen and oxygen atoms in total. The van der Waals surface area contributed by atoms with E-state index in [9.17, 15) is 24.7 Å². The second-order valence-corrected chi connectivity index (χ2v) is 13.4. The second kappa shape index (κ2) is 10.4. The predicted molar refractivity (Wildman–Crippen MR) is 145 cm³/mol. The van der Waals surface area contributed by atoms with Gasteiger partial charge in [-0.15, -0.1) is 16.9 Å². The number of aromatic amines is 1. The van der Waals surface area contributed by atoms with Crippen molar-refractivity contribution in [2.75, 3.05) is 37.0 Å². The van der Waals surface area contributed by atoms with E-state index in [2.05, 4.69) is 47.6 Å². The van der Waals surface area contributed by atoms with Gasteiger partial charge in [0.2, 0.25) is 17.6 Å². The van der Waals surface area contributed by atoms with Crippen LogP contribution in [0.25, 0.3) is 16.8 Å². The summed E-state index contributed by atoms with van der Waals surface area (Å²) in [4.78, 5) is 26.7. The normalized spacial score (nSPS) is 29.9. The molecule has 220 valence electrons. The van der Waals surface area contributed by atoms with Gasteiger partial charge in [-0.3, -0.25) is 18.8 Å². The number of fused-ring (bicyclic) bond motifs is 2. The molecular formula is C19H24N11O8PS2. The third-order valence-corrected chi connectivity index (χ3v) is 9.93. The molecule has 2 aliphatic rings. The number of thiol groups is 1. The SMILES string of the molecule is Nc1nc2c(nnn2[C@]2(OP(=O)(S)OC[C@H]3OCC(c4cnn5c(N)ncnc45)[C@@H]3O)CS[C@H](CO)[C@H]2O)c(=O)[nH]1. The molecule has 6 rings (SSSR count). The molecule has 8 N–H and O–H groups in total. The van der Waals surface area contributed by atoms with Crippen LogP contribution in [0, 0.1) is 0 Å². The van der Waals surface area contributed by atoms with Crippen LogP contribution in [0.1, 0.15) is 11.5 Å². The quantitative estimate of drug-likeness (QED) is 0.0808. The number of nitrogens with one attached hydrogen (secondary N) is 1. The molecule has 2 fully saturated rings. The largest absolute Gasteiger partial charge is 0.395 e. The summed E-state index contributed by atoms with van der Waals surface area (Å²) in [5.74, 6) is -0.802. The second-order valence-electron chi connectivity index (χ2n) is 9.34. The highest BCUT2D eigenvalue weighted by Gasteiger charge is 2.56. The Labute approximate surface area is 238 Å². The molecule has 7 atom stereocenters. The number of hydrogen-bond acceptors (Lipinski definition) is 17. The minimum atomic E-state index is -4.37. The minimum absolute atomic E-state index is 0.0717. The van der Waals surface area contributed by atoms with E-state index < -0.39 is 60.8 Å². The third-order valence-electron chi connectivity index (χ3n) is 6.90. The molecule has 41 heavy (non-hydrogen) atoms. The number of nitrogen functional groups attached to an aromatic ring is 2. The van der Waals surface area contributed by atoms with E-state index >= 15 is 0 Å². The van der Waals surface area contributed by atoms with E-state index in [1.54, 1.807) is 0 Å². The fraction of sp³-hybridized carbons (Fsp3) is 0.526. The van der Waals surface area contributed by atoms with Crippen LogP contribution in [-0.4, -0.2) is 109 Å². The molecular weight excluding hydrogens is 605 g/mol. The molecule has 0 spiro atoms. The number of aliphatic hydroxyl groups excluding tert-OH is 3. The highest BCUT2D eigenvalue weighted by Crippen LogP contribution is 2.60. The summed E-state index contributed by atoms with van der Waals surface area (Å²) in [5, 5.41) is 43.0. The average molecular weight is 630 g/mol. The standard InChI is InChI=1S/C19H24N11O8PS2/c20-17-25-15-11(16(34)26-17)27-28-30(15)19(5-41-10(2-31)13(19)33)38-39(35,40)37-4-9-12(32)8(3-36-9)7-1-24-29-14(7)22-6-23-18(29)21/h1,6,8-10,12-13,31-33H,2-5H2,(H,35,40)(H2,21,22,23)(H3,20,25,26,34)/t8?,9-,10-,12+,13-,19+,39?/m1/s1. The van der Waals surface area contributed by atoms with Crippen LogP contribution in [0.2, 0.25) is 0 Å². The number of anilines is 2. The van der Waals surface area contributed by atoms with Gasteiger partial charge in [-0.1, -0.05) is 17.5 Å². The third kappa shape index (κ3) is 4.76. The van der Waals surface area contributed by atoms with Gasteiger partial charge in [0.25, 0.3) is 5.56 Å². The first-order chi connectivity index (χ1) is 19.5. The van der Waals surface area contributed by atoms with Crippen molar-refractivity contribution in [1.82, 2.24) is 44.5 Å². The molecule has 0 amide bonds. The van der Waals surface area contributed by atoms with Crippen LogP contribution < -0.4 is 17.0 Å². The van der Waals surface area contributed by atoms with Crippen molar-refractivity contribution in [2.24, 2.45) is 0 Å². The molecule has 2 unspecified atom stereocenters. The monoisotopic (exact) mass is 629 g/mol. The van der Waals surface area contributed by atoms with Gasteiger partial charge in [0.15, 0.2) is 16.8 Å². The Bertz CT molecular complexity index is 1720. The van der Waals surface area contributed by atoms with Crippen LogP contribution in [0.4, 0.5) is 11.9 Å². The minimum Gasteiger partial charge on any atom is -0.395 e. The van der Waals surface area contributed by atoms with Crippen LogP contribution in [-0.2, 0) is 24.1 Å². The topological polar surface area (TPSA) is 277 Å². The first kappa shape index (κ1) is 28.2. The zero-order valence-electron chi connectivity index (χ0n) is 20.8. The Morgan fingerprint density at radius 2 is 2.12 bits per heavy atom. The lowest BCUT2D eigenvalue weighted by Gasteiger charge is -2.34. The number of hydrogen-bond donors (Lipinski definition) is 7. The van der Waals surface area contributed by atoms with Gasteiger partial charge < -0.3 is 31.5 Å². The van der Waals surface area contributed by atoms with Gasteiger partial charge in [0, 0.05) is 17.2 Å². The molecule has 0 radical (unpaired) electrons. The van der Waals surface area contributed by atoms with Crippen LogP contribution >= 0.6 is 30.8 Å². The number of aliphatic hydroxyl groups is 3. The van der Waals surface area contributed by atoms with Gasteiger partial charge in [0.05, 0.1) is 37.4 Å². The van der Waals surface area contributed by atoms with Crippen molar-refractivity contribution in [3.05, 3.63) is 28.4 Å². The molecule has 2 saturated heterocycles. The van der Waals surface area contributed by atoms with E-state index in [1.165, 1.54) is 17.0 Å². The van der Waals surface area contributed by atoms with E-state index in [-0.39, 0.29) is 35.4 Å². The summed E-state index contributed by atoms with van der Waals surface area (Å²) in [6.07, 6.45) is -0.808. The smallest absolute Gasteiger partial charge is 0.388 e. The highest BCUT2D eigenvalue weighted by atomic mass is 32.7. The predicted octanol–water partition coefficient (Wildman–Crippen LogP) is -2.15. The lowest BCUT2D eigenvalue weighted by Crippen LogP contribution is -2.49. The van der Waals surface area contributed by atoms with E-state index in [4.69, 9.17) is 25.3 Å². The highest BCUT2D eigenvalue weighted by molar-refractivity contribution is 8.44. The molecule has 0 saturated carbocycles. The maximum absolute atomic E-state index is 13.5. The van der Waals surface area contributed by atoms with Gasteiger partial charge in [0.1, 0.15) is 18.5 Å². The number of rotatable bonds is 8. The van der Waals surface area contributed by atoms with Crippen molar-refractivity contribution in [3.8, 4) is 0 Å². The lowest BCUT2D eigenvalue weighted by molar-refractivity contribution is -0.103. The summed E-state index contributed by atoms with van der Waals surface area (Å²) in [5.41, 5.74) is 9.43. The fourth-order valence-corrected chi connectivity index (χ4v) is 7.91.